The number of benzene rings is 2. The summed E-state index contributed by atoms with van der Waals surface area (Å²) < 4.78 is 34.6. The zero-order valence-electron chi connectivity index (χ0n) is 17.7. The predicted molar refractivity (Wildman–Crippen MR) is 121 cm³/mol. The molecule has 0 unspecified atom stereocenters. The van der Waals surface area contributed by atoms with Crippen LogP contribution in [0, 0.1) is 0 Å². The fraction of sp³-hybridized carbons (Fsp3) is 0.227. The average Bonchev–Trinajstić information content (AvgIpc) is 3.05. The number of phenols is 1. The number of phenolic OH excluding ortho intramolecular Hbond substituents is 1. The van der Waals surface area contributed by atoms with Crippen LogP contribution in [0.4, 0.5) is 14.5 Å². The molecule has 0 spiro atoms. The van der Waals surface area contributed by atoms with Crippen LogP contribution in [0.1, 0.15) is 19.4 Å². The Morgan fingerprint density at radius 2 is 1.97 bits per heavy atom. The first kappa shape index (κ1) is 24.1. The molecular formula is C22H21F2N3O5S. The lowest BCUT2D eigenvalue weighted by Gasteiger charge is -2.19. The van der Waals surface area contributed by atoms with E-state index in [1.807, 2.05) is 0 Å². The number of nitrogens with two attached hydrogens (primary N) is 1. The van der Waals surface area contributed by atoms with Crippen LogP contribution in [-0.2, 0) is 9.59 Å². The van der Waals surface area contributed by atoms with E-state index in [9.17, 15) is 23.5 Å². The summed E-state index contributed by atoms with van der Waals surface area (Å²) in [6.45, 7) is 0.715. The van der Waals surface area contributed by atoms with E-state index in [-0.39, 0.29) is 28.1 Å². The van der Waals surface area contributed by atoms with Crippen molar-refractivity contribution in [3.63, 3.8) is 0 Å². The summed E-state index contributed by atoms with van der Waals surface area (Å²) in [5.41, 5.74) is 6.32. The van der Waals surface area contributed by atoms with Gasteiger partial charge in [-0.3, -0.25) is 14.5 Å². The smallest absolute Gasteiger partial charge is 0.387 e. The van der Waals surface area contributed by atoms with Crippen LogP contribution in [0.5, 0.6) is 17.2 Å². The first-order chi connectivity index (χ1) is 15.7. The number of carbonyl (C=O) groups is 2. The Bertz CT molecular complexity index is 1110. The monoisotopic (exact) mass is 477 g/mol. The Balaban J connectivity index is 1.97. The number of amidine groups is 1. The van der Waals surface area contributed by atoms with Crippen molar-refractivity contribution in [2.45, 2.75) is 25.7 Å². The summed E-state index contributed by atoms with van der Waals surface area (Å²) in [5, 5.41) is 9.40. The number of ether oxygens (including phenoxy) is 2. The van der Waals surface area contributed by atoms with Gasteiger partial charge in [0.15, 0.2) is 16.7 Å². The average molecular weight is 477 g/mol. The lowest BCUT2D eigenvalue weighted by Crippen LogP contribution is -2.33. The van der Waals surface area contributed by atoms with Crippen LogP contribution in [0.2, 0.25) is 0 Å². The van der Waals surface area contributed by atoms with Crippen molar-refractivity contribution in [3.8, 4) is 17.2 Å². The second-order valence-corrected chi connectivity index (χ2v) is 8.07. The summed E-state index contributed by atoms with van der Waals surface area (Å²) >= 11 is 0.989. The van der Waals surface area contributed by atoms with Crippen molar-refractivity contribution >= 4 is 40.5 Å². The molecule has 0 radical (unpaired) electrons. The molecule has 2 aromatic rings. The van der Waals surface area contributed by atoms with Crippen molar-refractivity contribution in [1.29, 1.82) is 0 Å². The molecule has 0 bridgehead atoms. The van der Waals surface area contributed by atoms with Gasteiger partial charge in [-0.2, -0.15) is 8.78 Å². The van der Waals surface area contributed by atoms with Gasteiger partial charge in [-0.1, -0.05) is 17.8 Å². The summed E-state index contributed by atoms with van der Waals surface area (Å²) in [6.07, 6.45) is 1.51. The zero-order chi connectivity index (χ0) is 24.1. The molecule has 3 rings (SSSR count). The van der Waals surface area contributed by atoms with E-state index >= 15 is 0 Å². The topological polar surface area (TPSA) is 114 Å². The largest absolute Gasteiger partial charge is 0.504 e. The highest BCUT2D eigenvalue weighted by atomic mass is 32.2. The fourth-order valence-corrected chi connectivity index (χ4v) is 3.72. The van der Waals surface area contributed by atoms with Crippen LogP contribution in [0.25, 0.3) is 6.08 Å². The minimum absolute atomic E-state index is 0.0421. The maximum Gasteiger partial charge on any atom is 0.387 e. The van der Waals surface area contributed by atoms with Crippen LogP contribution >= 0.6 is 11.8 Å². The van der Waals surface area contributed by atoms with Gasteiger partial charge in [0.25, 0.3) is 5.91 Å². The summed E-state index contributed by atoms with van der Waals surface area (Å²) in [7, 11) is 0. The van der Waals surface area contributed by atoms with Crippen molar-refractivity contribution in [3.05, 3.63) is 53.7 Å². The number of halogens is 2. The highest BCUT2D eigenvalue weighted by molar-refractivity contribution is 8.15. The second-order valence-electron chi connectivity index (χ2n) is 6.76. The molecule has 33 heavy (non-hydrogen) atoms. The van der Waals surface area contributed by atoms with Crippen LogP contribution in [-0.4, -0.2) is 40.6 Å². The maximum atomic E-state index is 13.2. The number of aromatic hydroxyl groups is 1. The van der Waals surface area contributed by atoms with Crippen LogP contribution in [0.3, 0.4) is 0 Å². The Hall–Kier alpha value is -3.60. The molecule has 0 saturated carbocycles. The molecule has 0 aromatic heterocycles. The molecule has 11 heteroatoms. The van der Waals surface area contributed by atoms with Crippen molar-refractivity contribution < 1.29 is 33.0 Å². The van der Waals surface area contributed by atoms with E-state index in [0.717, 1.165) is 11.8 Å². The molecule has 1 heterocycles. The fourth-order valence-electron chi connectivity index (χ4n) is 2.85. The van der Waals surface area contributed by atoms with Crippen LogP contribution < -0.4 is 20.1 Å². The number of rotatable bonds is 8. The Kier molecular flexibility index (Phi) is 7.54. The number of nitrogens with zero attached hydrogens (tertiary/aromatic N) is 2. The van der Waals surface area contributed by atoms with Crippen molar-refractivity contribution in [2.24, 2.45) is 10.7 Å². The third kappa shape index (κ3) is 5.80. The first-order valence-corrected chi connectivity index (χ1v) is 10.7. The third-order valence-electron chi connectivity index (χ3n) is 4.42. The van der Waals surface area contributed by atoms with E-state index in [2.05, 4.69) is 9.73 Å². The van der Waals surface area contributed by atoms with E-state index in [1.165, 1.54) is 41.3 Å². The minimum atomic E-state index is -2.98. The van der Waals surface area contributed by atoms with Gasteiger partial charge in [-0.25, -0.2) is 4.99 Å². The minimum Gasteiger partial charge on any atom is -0.504 e. The molecule has 3 N–H and O–H groups in total. The molecule has 0 fully saturated rings. The van der Waals surface area contributed by atoms with E-state index in [0.29, 0.717) is 17.9 Å². The van der Waals surface area contributed by atoms with Gasteiger partial charge in [0.2, 0.25) is 5.91 Å². The Morgan fingerprint density at radius 1 is 1.27 bits per heavy atom. The number of hydrogen-bond donors (Lipinski definition) is 2. The highest BCUT2D eigenvalue weighted by Crippen LogP contribution is 2.33. The molecule has 0 saturated heterocycles. The molecule has 8 nitrogen and oxygen atoms in total. The molecule has 1 aliphatic heterocycles. The molecular weight excluding hydrogens is 456 g/mol. The molecule has 2 aromatic carbocycles. The number of anilines is 1. The van der Waals surface area contributed by atoms with Gasteiger partial charge in [-0.05, 0) is 61.9 Å². The number of aliphatic imine (C=N–C) groups is 1. The van der Waals surface area contributed by atoms with Crippen molar-refractivity contribution in [1.82, 2.24) is 0 Å². The zero-order valence-corrected chi connectivity index (χ0v) is 18.5. The van der Waals surface area contributed by atoms with Crippen molar-refractivity contribution in [2.75, 3.05) is 11.5 Å². The van der Waals surface area contributed by atoms with Gasteiger partial charge < -0.3 is 20.3 Å². The third-order valence-corrected chi connectivity index (χ3v) is 5.49. The quantitative estimate of drug-likeness (QED) is 0.560. The summed E-state index contributed by atoms with van der Waals surface area (Å²) in [5.74, 6) is -0.944. The summed E-state index contributed by atoms with van der Waals surface area (Å²) in [4.78, 5) is 30.4. The van der Waals surface area contributed by atoms with Crippen LogP contribution in [0.15, 0.2) is 53.2 Å². The number of amides is 2. The maximum absolute atomic E-state index is 13.2. The number of carbonyl (C=O) groups excluding carboxylic acids is 2. The normalized spacial score (nSPS) is 15.7. The number of primary amides is 1. The Labute approximate surface area is 192 Å². The molecule has 1 atom stereocenters. The van der Waals surface area contributed by atoms with Gasteiger partial charge in [0.1, 0.15) is 11.4 Å². The van der Waals surface area contributed by atoms with Gasteiger partial charge >= 0.3 is 6.61 Å². The van der Waals surface area contributed by atoms with E-state index in [4.69, 9.17) is 10.5 Å². The van der Waals surface area contributed by atoms with E-state index < -0.39 is 23.7 Å². The van der Waals surface area contributed by atoms with Gasteiger partial charge in [0, 0.05) is 0 Å². The number of hydrogen-bond acceptors (Lipinski definition) is 7. The number of alkyl halides is 2. The summed E-state index contributed by atoms with van der Waals surface area (Å²) in [6, 6.07) is 10.0. The molecule has 0 aliphatic carbocycles. The first-order valence-electron chi connectivity index (χ1n) is 9.81. The standard InChI is InChI=1S/C22H21F2N3O5S/c1-3-31-18-11-13(4-9-17(18)28)10-16-20(30)27(22(26-16)33-12(2)19(25)29)14-5-7-15(8-6-14)32-21(23)24/h4-12,21,28H,3H2,1-2H3,(H2,25,29)/b16-10+/t12-/m1/s1. The SMILES string of the molecule is CCOc1cc(/C=C2/N=C(S[C@H](C)C(N)=O)N(c3ccc(OC(F)F)cc3)C2=O)ccc1O. The second kappa shape index (κ2) is 10.3. The lowest BCUT2D eigenvalue weighted by atomic mass is 10.1. The Morgan fingerprint density at radius 3 is 2.58 bits per heavy atom. The highest BCUT2D eigenvalue weighted by Gasteiger charge is 2.34. The lowest BCUT2D eigenvalue weighted by molar-refractivity contribution is -0.117. The molecule has 2 amide bonds. The molecule has 174 valence electrons. The van der Waals surface area contributed by atoms with Gasteiger partial charge in [0.05, 0.1) is 17.5 Å². The predicted octanol–water partition coefficient (Wildman–Crippen LogP) is 3.74. The molecule has 1 aliphatic rings. The van der Waals surface area contributed by atoms with E-state index in [1.54, 1.807) is 26.0 Å². The van der Waals surface area contributed by atoms with Gasteiger partial charge in [-0.15, -0.1) is 0 Å². The number of thioether (sulfide) groups is 1.